The molecule has 0 radical (unpaired) electrons. The van der Waals surface area contributed by atoms with Crippen molar-refractivity contribution in [2.45, 2.75) is 20.5 Å². The topological polar surface area (TPSA) is 57.1 Å². The van der Waals surface area contributed by atoms with Gasteiger partial charge in [-0.25, -0.2) is 9.79 Å². The van der Waals surface area contributed by atoms with Crippen molar-refractivity contribution in [1.29, 1.82) is 0 Å². The summed E-state index contributed by atoms with van der Waals surface area (Å²) < 4.78 is 18.2. The van der Waals surface area contributed by atoms with Crippen molar-refractivity contribution < 1.29 is 19.0 Å². The van der Waals surface area contributed by atoms with Gasteiger partial charge in [0.15, 0.2) is 17.2 Å². The third-order valence-corrected chi connectivity index (χ3v) is 6.37. The van der Waals surface area contributed by atoms with E-state index in [2.05, 4.69) is 27.6 Å². The van der Waals surface area contributed by atoms with Crippen LogP contribution in [0.2, 0.25) is 5.02 Å². The SMILES string of the molecule is CCOc1cc(/C=C2\N=C(c3ccc(I)c(C)c3)OC2=O)ccc1OCc1ccc(Cl)cc1. The highest BCUT2D eigenvalue weighted by Gasteiger charge is 2.24. The molecule has 0 bridgehead atoms. The second kappa shape index (κ2) is 10.4. The van der Waals surface area contributed by atoms with Gasteiger partial charge in [0, 0.05) is 14.2 Å². The van der Waals surface area contributed by atoms with E-state index in [1.807, 2.05) is 74.5 Å². The van der Waals surface area contributed by atoms with E-state index in [1.165, 1.54) is 0 Å². The van der Waals surface area contributed by atoms with Crippen LogP contribution in [-0.2, 0) is 16.1 Å². The van der Waals surface area contributed by atoms with E-state index >= 15 is 0 Å². The molecule has 4 rings (SSSR count). The first kappa shape index (κ1) is 23.3. The van der Waals surface area contributed by atoms with Gasteiger partial charge in [-0.2, -0.15) is 0 Å². The number of esters is 1. The maximum absolute atomic E-state index is 12.4. The molecule has 7 heteroatoms. The molecule has 1 heterocycles. The van der Waals surface area contributed by atoms with Crippen LogP contribution in [0, 0.1) is 10.5 Å². The fraction of sp³-hybridized carbons (Fsp3) is 0.154. The second-order valence-electron chi connectivity index (χ2n) is 7.35. The Morgan fingerprint density at radius 3 is 2.55 bits per heavy atom. The minimum absolute atomic E-state index is 0.235. The van der Waals surface area contributed by atoms with E-state index in [4.69, 9.17) is 25.8 Å². The Bertz CT molecular complexity index is 1250. The molecule has 0 saturated heterocycles. The Balaban J connectivity index is 1.56. The molecule has 1 aliphatic heterocycles. The zero-order chi connectivity index (χ0) is 23.4. The molecule has 3 aromatic rings. The van der Waals surface area contributed by atoms with Gasteiger partial charge in [0.1, 0.15) is 6.61 Å². The predicted octanol–water partition coefficient (Wildman–Crippen LogP) is 6.58. The monoisotopic (exact) mass is 573 g/mol. The van der Waals surface area contributed by atoms with Gasteiger partial charge in [-0.3, -0.25) is 0 Å². The number of halogens is 2. The number of cyclic esters (lactones) is 1. The third kappa shape index (κ3) is 5.75. The molecule has 0 unspecified atom stereocenters. The van der Waals surface area contributed by atoms with E-state index in [9.17, 15) is 4.79 Å². The van der Waals surface area contributed by atoms with Crippen LogP contribution in [0.1, 0.15) is 29.2 Å². The van der Waals surface area contributed by atoms with Gasteiger partial charge < -0.3 is 14.2 Å². The van der Waals surface area contributed by atoms with Gasteiger partial charge in [0.05, 0.1) is 6.61 Å². The van der Waals surface area contributed by atoms with Crippen LogP contribution < -0.4 is 9.47 Å². The number of hydrogen-bond acceptors (Lipinski definition) is 5. The zero-order valence-corrected chi connectivity index (χ0v) is 21.0. The van der Waals surface area contributed by atoms with Gasteiger partial charge >= 0.3 is 5.97 Å². The summed E-state index contributed by atoms with van der Waals surface area (Å²) in [6.07, 6.45) is 1.68. The molecule has 0 aliphatic carbocycles. The van der Waals surface area contributed by atoms with Crippen LogP contribution in [0.5, 0.6) is 11.5 Å². The summed E-state index contributed by atoms with van der Waals surface area (Å²) in [7, 11) is 0. The number of carbonyl (C=O) groups excluding carboxylic acids is 1. The van der Waals surface area contributed by atoms with Gasteiger partial charge in [0.25, 0.3) is 0 Å². The van der Waals surface area contributed by atoms with Gasteiger partial charge in [-0.1, -0.05) is 29.8 Å². The molecule has 0 saturated carbocycles. The Morgan fingerprint density at radius 1 is 1.03 bits per heavy atom. The molecule has 0 spiro atoms. The molecule has 0 fully saturated rings. The molecule has 1 aliphatic rings. The number of aliphatic imine (C=N–C) groups is 1. The summed E-state index contributed by atoms with van der Waals surface area (Å²) in [6, 6.07) is 18.8. The molecular formula is C26H21ClINO4. The number of aryl methyl sites for hydroxylation is 1. The van der Waals surface area contributed by atoms with Crippen molar-refractivity contribution in [2.24, 2.45) is 4.99 Å². The van der Waals surface area contributed by atoms with Crippen molar-refractivity contribution in [3.05, 3.63) is 97.2 Å². The van der Waals surface area contributed by atoms with Gasteiger partial charge in [-0.15, -0.1) is 0 Å². The Hall–Kier alpha value is -2.84. The minimum atomic E-state index is -0.484. The zero-order valence-electron chi connectivity index (χ0n) is 18.1. The van der Waals surface area contributed by atoms with Crippen molar-refractivity contribution in [3.63, 3.8) is 0 Å². The maximum atomic E-state index is 12.4. The lowest BCUT2D eigenvalue weighted by atomic mass is 10.1. The predicted molar refractivity (Wildman–Crippen MR) is 138 cm³/mol. The minimum Gasteiger partial charge on any atom is -0.490 e. The standard InChI is InChI=1S/C26H21ClINO4/c1-3-31-24-14-18(6-11-23(24)32-15-17-4-8-20(27)9-5-17)13-22-26(30)33-25(29-22)19-7-10-21(28)16(2)12-19/h4-14H,3,15H2,1-2H3/b22-13-. The summed E-state index contributed by atoms with van der Waals surface area (Å²) in [5.74, 6) is 1.02. The summed E-state index contributed by atoms with van der Waals surface area (Å²) in [5.41, 5.74) is 3.85. The van der Waals surface area contributed by atoms with Gasteiger partial charge in [-0.05, 0) is 102 Å². The molecule has 5 nitrogen and oxygen atoms in total. The largest absolute Gasteiger partial charge is 0.490 e. The highest BCUT2D eigenvalue weighted by Crippen LogP contribution is 2.31. The maximum Gasteiger partial charge on any atom is 0.363 e. The van der Waals surface area contributed by atoms with Crippen molar-refractivity contribution in [1.82, 2.24) is 0 Å². The lowest BCUT2D eigenvalue weighted by molar-refractivity contribution is -0.129. The Labute approximate surface area is 211 Å². The van der Waals surface area contributed by atoms with Crippen LogP contribution in [-0.4, -0.2) is 18.5 Å². The third-order valence-electron chi connectivity index (χ3n) is 4.90. The number of benzene rings is 3. The Morgan fingerprint density at radius 2 is 1.82 bits per heavy atom. The van der Waals surface area contributed by atoms with Crippen LogP contribution >= 0.6 is 34.2 Å². The van der Waals surface area contributed by atoms with Crippen LogP contribution in [0.25, 0.3) is 6.08 Å². The average Bonchev–Trinajstić information content (AvgIpc) is 3.16. The van der Waals surface area contributed by atoms with Crippen molar-refractivity contribution in [3.8, 4) is 11.5 Å². The highest BCUT2D eigenvalue weighted by atomic mass is 127. The normalized spacial score (nSPS) is 14.2. The number of carbonyl (C=O) groups is 1. The first-order valence-electron chi connectivity index (χ1n) is 10.4. The molecule has 3 aromatic carbocycles. The average molecular weight is 574 g/mol. The van der Waals surface area contributed by atoms with Gasteiger partial charge in [0.2, 0.25) is 5.90 Å². The number of rotatable bonds is 7. The first-order valence-corrected chi connectivity index (χ1v) is 11.8. The number of ether oxygens (including phenoxy) is 3. The molecular weight excluding hydrogens is 553 g/mol. The fourth-order valence-corrected chi connectivity index (χ4v) is 3.67. The van der Waals surface area contributed by atoms with Crippen molar-refractivity contribution in [2.75, 3.05) is 6.61 Å². The number of hydrogen-bond donors (Lipinski definition) is 0. The van der Waals surface area contributed by atoms with Crippen LogP contribution in [0.15, 0.2) is 71.4 Å². The molecule has 0 atom stereocenters. The number of nitrogens with zero attached hydrogens (tertiary/aromatic N) is 1. The van der Waals surface area contributed by atoms with E-state index in [0.29, 0.717) is 35.6 Å². The Kier molecular flexibility index (Phi) is 7.35. The summed E-state index contributed by atoms with van der Waals surface area (Å²) in [5, 5.41) is 0.680. The molecule has 0 aromatic heterocycles. The first-order chi connectivity index (χ1) is 15.9. The van der Waals surface area contributed by atoms with E-state index < -0.39 is 5.97 Å². The van der Waals surface area contributed by atoms with E-state index in [1.54, 1.807) is 6.08 Å². The molecule has 33 heavy (non-hydrogen) atoms. The quantitative estimate of drug-likeness (QED) is 0.182. The molecule has 0 N–H and O–H groups in total. The second-order valence-corrected chi connectivity index (χ2v) is 8.95. The summed E-state index contributed by atoms with van der Waals surface area (Å²) in [6.45, 7) is 4.77. The van der Waals surface area contributed by atoms with E-state index in [0.717, 1.165) is 25.8 Å². The van der Waals surface area contributed by atoms with Crippen molar-refractivity contribution >= 4 is 52.1 Å². The summed E-state index contributed by atoms with van der Waals surface area (Å²) in [4.78, 5) is 16.8. The fourth-order valence-electron chi connectivity index (χ4n) is 3.21. The lowest BCUT2D eigenvalue weighted by Crippen LogP contribution is -2.05. The summed E-state index contributed by atoms with van der Waals surface area (Å²) >= 11 is 8.20. The molecule has 0 amide bonds. The lowest BCUT2D eigenvalue weighted by Gasteiger charge is -2.13. The van der Waals surface area contributed by atoms with E-state index in [-0.39, 0.29) is 5.70 Å². The molecule has 168 valence electrons. The highest BCUT2D eigenvalue weighted by molar-refractivity contribution is 14.1. The van der Waals surface area contributed by atoms with Crippen LogP contribution in [0.3, 0.4) is 0 Å². The smallest absolute Gasteiger partial charge is 0.363 e. The van der Waals surface area contributed by atoms with Crippen LogP contribution in [0.4, 0.5) is 0 Å².